The third-order valence-corrected chi connectivity index (χ3v) is 4.20. The second-order valence-electron chi connectivity index (χ2n) is 5.64. The first-order chi connectivity index (χ1) is 11.3. The van der Waals surface area contributed by atoms with E-state index < -0.39 is 0 Å². The maximum absolute atomic E-state index is 12.8. The van der Waals surface area contributed by atoms with Crippen molar-refractivity contribution in [2.24, 2.45) is 0 Å². The van der Waals surface area contributed by atoms with Crippen molar-refractivity contribution in [3.05, 3.63) is 60.2 Å². The molecule has 4 heteroatoms. The predicted molar refractivity (Wildman–Crippen MR) is 91.0 cm³/mol. The van der Waals surface area contributed by atoms with Crippen LogP contribution in [0.3, 0.4) is 0 Å². The summed E-state index contributed by atoms with van der Waals surface area (Å²) < 4.78 is 5.91. The smallest absolute Gasteiger partial charge is 0.257 e. The molecule has 2 aromatic carbocycles. The lowest BCUT2D eigenvalue weighted by Gasteiger charge is -2.34. The average molecular weight is 310 g/mol. The first-order valence-corrected chi connectivity index (χ1v) is 8.11. The fourth-order valence-electron chi connectivity index (χ4n) is 2.79. The molecule has 0 saturated carbocycles. The van der Waals surface area contributed by atoms with Crippen LogP contribution in [0.15, 0.2) is 54.6 Å². The second kappa shape index (κ2) is 7.29. The largest absolute Gasteiger partial charge is 0.457 e. The molecule has 0 aromatic heterocycles. The third-order valence-electron chi connectivity index (χ3n) is 4.20. The number of para-hydroxylation sites is 2. The number of amides is 1. The van der Waals surface area contributed by atoms with E-state index in [2.05, 4.69) is 11.8 Å². The van der Waals surface area contributed by atoms with Gasteiger partial charge < -0.3 is 14.5 Å². The molecule has 0 atom stereocenters. The zero-order valence-corrected chi connectivity index (χ0v) is 13.4. The number of piperazine rings is 1. The molecule has 0 N–H and O–H groups in total. The van der Waals surface area contributed by atoms with E-state index in [1.54, 1.807) is 0 Å². The molecule has 0 spiro atoms. The zero-order chi connectivity index (χ0) is 16.1. The van der Waals surface area contributed by atoms with E-state index in [0.29, 0.717) is 11.3 Å². The van der Waals surface area contributed by atoms with Gasteiger partial charge in [-0.25, -0.2) is 0 Å². The molecule has 3 rings (SSSR count). The number of carbonyl (C=O) groups is 1. The molecule has 1 saturated heterocycles. The quantitative estimate of drug-likeness (QED) is 0.869. The Morgan fingerprint density at radius 1 is 0.957 bits per heavy atom. The highest BCUT2D eigenvalue weighted by molar-refractivity contribution is 5.97. The van der Waals surface area contributed by atoms with E-state index in [1.807, 2.05) is 59.5 Å². The minimum Gasteiger partial charge on any atom is -0.457 e. The number of ether oxygens (including phenoxy) is 1. The van der Waals surface area contributed by atoms with Gasteiger partial charge in [0.25, 0.3) is 5.91 Å². The van der Waals surface area contributed by atoms with Crippen LogP contribution in [0.4, 0.5) is 0 Å². The normalized spacial score (nSPS) is 15.4. The Bertz CT molecular complexity index is 649. The fourth-order valence-corrected chi connectivity index (χ4v) is 2.79. The highest BCUT2D eigenvalue weighted by Gasteiger charge is 2.23. The van der Waals surface area contributed by atoms with E-state index in [0.717, 1.165) is 38.5 Å². The Balaban J connectivity index is 1.76. The SMILES string of the molecule is CCN1CCN(C(=O)c2ccccc2Oc2ccccc2)CC1. The van der Waals surface area contributed by atoms with Gasteiger partial charge in [-0.2, -0.15) is 0 Å². The van der Waals surface area contributed by atoms with Gasteiger partial charge in [0, 0.05) is 26.2 Å². The first-order valence-electron chi connectivity index (χ1n) is 8.11. The zero-order valence-electron chi connectivity index (χ0n) is 13.4. The van der Waals surface area contributed by atoms with Crippen molar-refractivity contribution in [2.45, 2.75) is 6.92 Å². The van der Waals surface area contributed by atoms with Crippen molar-refractivity contribution >= 4 is 5.91 Å². The van der Waals surface area contributed by atoms with Gasteiger partial charge in [0.15, 0.2) is 0 Å². The number of hydrogen-bond acceptors (Lipinski definition) is 3. The minimum absolute atomic E-state index is 0.0484. The van der Waals surface area contributed by atoms with Crippen molar-refractivity contribution in [3.63, 3.8) is 0 Å². The van der Waals surface area contributed by atoms with Gasteiger partial charge in [0.1, 0.15) is 11.5 Å². The molecule has 23 heavy (non-hydrogen) atoms. The van der Waals surface area contributed by atoms with Crippen molar-refractivity contribution in [2.75, 3.05) is 32.7 Å². The summed E-state index contributed by atoms with van der Waals surface area (Å²) in [5.74, 6) is 1.40. The van der Waals surface area contributed by atoms with Crippen LogP contribution in [0.1, 0.15) is 17.3 Å². The molecule has 1 heterocycles. The van der Waals surface area contributed by atoms with E-state index in [-0.39, 0.29) is 5.91 Å². The van der Waals surface area contributed by atoms with Gasteiger partial charge in [-0.15, -0.1) is 0 Å². The summed E-state index contributed by atoms with van der Waals surface area (Å²) >= 11 is 0. The number of carbonyl (C=O) groups excluding carboxylic acids is 1. The van der Waals surface area contributed by atoms with Gasteiger partial charge in [-0.3, -0.25) is 4.79 Å². The minimum atomic E-state index is 0.0484. The molecule has 0 bridgehead atoms. The maximum Gasteiger partial charge on any atom is 0.257 e. The average Bonchev–Trinajstić information content (AvgIpc) is 2.62. The van der Waals surface area contributed by atoms with Crippen LogP contribution in [0.5, 0.6) is 11.5 Å². The Kier molecular flexibility index (Phi) is 4.93. The molecule has 2 aromatic rings. The van der Waals surface area contributed by atoms with Crippen LogP contribution in [0, 0.1) is 0 Å². The van der Waals surface area contributed by atoms with Crippen molar-refractivity contribution in [1.82, 2.24) is 9.80 Å². The molecule has 120 valence electrons. The van der Waals surface area contributed by atoms with Gasteiger partial charge in [-0.05, 0) is 30.8 Å². The molecule has 0 aliphatic carbocycles. The Morgan fingerprint density at radius 3 is 2.30 bits per heavy atom. The number of rotatable bonds is 4. The Labute approximate surface area is 137 Å². The van der Waals surface area contributed by atoms with Crippen molar-refractivity contribution < 1.29 is 9.53 Å². The topological polar surface area (TPSA) is 32.8 Å². The van der Waals surface area contributed by atoms with Crippen LogP contribution in [-0.4, -0.2) is 48.4 Å². The number of likely N-dealkylation sites (N-methyl/N-ethyl adjacent to an activating group) is 1. The van der Waals surface area contributed by atoms with Crippen LogP contribution in [-0.2, 0) is 0 Å². The summed E-state index contributed by atoms with van der Waals surface area (Å²) in [5.41, 5.74) is 0.626. The summed E-state index contributed by atoms with van der Waals surface area (Å²) in [5, 5.41) is 0. The molecule has 1 fully saturated rings. The third kappa shape index (κ3) is 3.71. The van der Waals surface area contributed by atoms with E-state index >= 15 is 0 Å². The van der Waals surface area contributed by atoms with Crippen LogP contribution in [0.2, 0.25) is 0 Å². The summed E-state index contributed by atoms with van der Waals surface area (Å²) in [6.07, 6.45) is 0. The standard InChI is InChI=1S/C19H22N2O2/c1-2-20-12-14-21(15-13-20)19(22)17-10-6-7-11-18(17)23-16-8-4-3-5-9-16/h3-11H,2,12-15H2,1H3. The number of benzene rings is 2. The van der Waals surface area contributed by atoms with Crippen LogP contribution < -0.4 is 4.74 Å². The highest BCUT2D eigenvalue weighted by atomic mass is 16.5. The van der Waals surface area contributed by atoms with Gasteiger partial charge in [0.05, 0.1) is 5.56 Å². The van der Waals surface area contributed by atoms with E-state index in [9.17, 15) is 4.79 Å². The Morgan fingerprint density at radius 2 is 1.61 bits per heavy atom. The van der Waals surface area contributed by atoms with Crippen molar-refractivity contribution in [3.8, 4) is 11.5 Å². The molecule has 4 nitrogen and oxygen atoms in total. The lowest BCUT2D eigenvalue weighted by Crippen LogP contribution is -2.48. The number of hydrogen-bond donors (Lipinski definition) is 0. The Hall–Kier alpha value is -2.33. The van der Waals surface area contributed by atoms with Crippen molar-refractivity contribution in [1.29, 1.82) is 0 Å². The summed E-state index contributed by atoms with van der Waals surface area (Å²) in [4.78, 5) is 17.1. The summed E-state index contributed by atoms with van der Waals surface area (Å²) in [6, 6.07) is 17.0. The van der Waals surface area contributed by atoms with Crippen LogP contribution in [0.25, 0.3) is 0 Å². The molecule has 1 aliphatic heterocycles. The second-order valence-corrected chi connectivity index (χ2v) is 5.64. The summed E-state index contributed by atoms with van der Waals surface area (Å²) in [7, 11) is 0. The fraction of sp³-hybridized carbons (Fsp3) is 0.316. The molecular formula is C19H22N2O2. The van der Waals surface area contributed by atoms with E-state index in [4.69, 9.17) is 4.74 Å². The first kappa shape index (κ1) is 15.6. The molecule has 0 unspecified atom stereocenters. The predicted octanol–water partition coefficient (Wildman–Crippen LogP) is 3.26. The van der Waals surface area contributed by atoms with Crippen LogP contribution >= 0.6 is 0 Å². The molecular weight excluding hydrogens is 288 g/mol. The summed E-state index contributed by atoms with van der Waals surface area (Å²) in [6.45, 7) is 6.60. The molecule has 1 amide bonds. The maximum atomic E-state index is 12.8. The molecule has 1 aliphatic rings. The number of nitrogens with zero attached hydrogens (tertiary/aromatic N) is 2. The lowest BCUT2D eigenvalue weighted by atomic mass is 10.1. The highest BCUT2D eigenvalue weighted by Crippen LogP contribution is 2.26. The molecule has 0 radical (unpaired) electrons. The lowest BCUT2D eigenvalue weighted by molar-refractivity contribution is 0.0641. The van der Waals surface area contributed by atoms with Gasteiger partial charge in [0.2, 0.25) is 0 Å². The van der Waals surface area contributed by atoms with E-state index in [1.165, 1.54) is 0 Å². The van der Waals surface area contributed by atoms with Gasteiger partial charge >= 0.3 is 0 Å². The monoisotopic (exact) mass is 310 g/mol. The van der Waals surface area contributed by atoms with Gasteiger partial charge in [-0.1, -0.05) is 37.3 Å².